The SMILES string of the molecule is C=CCS(=O)(=O)c1cc2n(c1-c1ccc[nH]1)CCC2C(=O)OC. The van der Waals surface area contributed by atoms with Gasteiger partial charge in [-0.05, 0) is 24.6 Å². The van der Waals surface area contributed by atoms with Crippen molar-refractivity contribution < 1.29 is 17.9 Å². The molecule has 1 aliphatic heterocycles. The third-order valence-corrected chi connectivity index (χ3v) is 5.76. The zero-order valence-electron chi connectivity index (χ0n) is 12.8. The van der Waals surface area contributed by atoms with E-state index in [1.165, 1.54) is 13.2 Å². The van der Waals surface area contributed by atoms with Crippen LogP contribution in [0, 0.1) is 0 Å². The number of fused-ring (bicyclic) bond motifs is 1. The van der Waals surface area contributed by atoms with Crippen molar-refractivity contribution in [2.24, 2.45) is 0 Å². The van der Waals surface area contributed by atoms with Gasteiger partial charge in [0.25, 0.3) is 0 Å². The van der Waals surface area contributed by atoms with E-state index < -0.39 is 15.8 Å². The average molecular weight is 334 g/mol. The molecule has 0 amide bonds. The molecule has 2 aromatic rings. The van der Waals surface area contributed by atoms with Gasteiger partial charge in [-0.15, -0.1) is 6.58 Å². The lowest BCUT2D eigenvalue weighted by Gasteiger charge is -2.08. The number of carbonyl (C=O) groups is 1. The van der Waals surface area contributed by atoms with Crippen LogP contribution in [0.3, 0.4) is 0 Å². The summed E-state index contributed by atoms with van der Waals surface area (Å²) in [4.78, 5) is 15.2. The summed E-state index contributed by atoms with van der Waals surface area (Å²) >= 11 is 0. The van der Waals surface area contributed by atoms with Gasteiger partial charge in [0, 0.05) is 18.4 Å². The first-order valence-electron chi connectivity index (χ1n) is 7.28. The van der Waals surface area contributed by atoms with Crippen LogP contribution in [0.25, 0.3) is 11.4 Å². The number of esters is 1. The van der Waals surface area contributed by atoms with Crippen LogP contribution < -0.4 is 0 Å². The fraction of sp³-hybridized carbons (Fsp3) is 0.312. The second-order valence-corrected chi connectivity index (χ2v) is 7.45. The summed E-state index contributed by atoms with van der Waals surface area (Å²) in [6.45, 7) is 4.09. The van der Waals surface area contributed by atoms with Gasteiger partial charge in [0.2, 0.25) is 0 Å². The van der Waals surface area contributed by atoms with E-state index in [1.54, 1.807) is 12.3 Å². The van der Waals surface area contributed by atoms with Crippen LogP contribution >= 0.6 is 0 Å². The van der Waals surface area contributed by atoms with Gasteiger partial charge in [-0.25, -0.2) is 8.42 Å². The molecule has 7 heteroatoms. The predicted octanol–water partition coefficient (Wildman–Crippen LogP) is 2.10. The molecule has 0 spiro atoms. The first kappa shape index (κ1) is 15.6. The molecular formula is C16H18N2O4S. The molecule has 1 N–H and O–H groups in total. The Morgan fingerprint density at radius 1 is 1.57 bits per heavy atom. The van der Waals surface area contributed by atoms with Gasteiger partial charge in [0.15, 0.2) is 9.84 Å². The zero-order valence-corrected chi connectivity index (χ0v) is 13.6. The minimum atomic E-state index is -3.51. The lowest BCUT2D eigenvalue weighted by molar-refractivity contribution is -0.142. The van der Waals surface area contributed by atoms with Crippen molar-refractivity contribution >= 4 is 15.8 Å². The van der Waals surface area contributed by atoms with Gasteiger partial charge in [0.1, 0.15) is 0 Å². The molecule has 0 radical (unpaired) electrons. The second-order valence-electron chi connectivity index (χ2n) is 5.45. The molecule has 23 heavy (non-hydrogen) atoms. The van der Waals surface area contributed by atoms with Crippen LogP contribution in [0.5, 0.6) is 0 Å². The van der Waals surface area contributed by atoms with Crippen molar-refractivity contribution in [3.63, 3.8) is 0 Å². The number of methoxy groups -OCH3 is 1. The Bertz CT molecular complexity index is 847. The van der Waals surface area contributed by atoms with Crippen molar-refractivity contribution in [2.45, 2.75) is 23.8 Å². The monoisotopic (exact) mass is 334 g/mol. The maximum absolute atomic E-state index is 12.6. The highest BCUT2D eigenvalue weighted by Crippen LogP contribution is 2.39. The van der Waals surface area contributed by atoms with E-state index in [-0.39, 0.29) is 16.6 Å². The van der Waals surface area contributed by atoms with Gasteiger partial charge in [-0.1, -0.05) is 6.08 Å². The predicted molar refractivity (Wildman–Crippen MR) is 85.8 cm³/mol. The molecule has 1 unspecified atom stereocenters. The summed E-state index contributed by atoms with van der Waals surface area (Å²) in [6, 6.07) is 5.23. The quantitative estimate of drug-likeness (QED) is 0.671. The number of sulfone groups is 1. The lowest BCUT2D eigenvalue weighted by atomic mass is 10.1. The largest absolute Gasteiger partial charge is 0.469 e. The smallest absolute Gasteiger partial charge is 0.314 e. The molecule has 3 heterocycles. The first-order valence-corrected chi connectivity index (χ1v) is 8.93. The molecule has 2 aromatic heterocycles. The van der Waals surface area contributed by atoms with Crippen molar-refractivity contribution in [1.29, 1.82) is 0 Å². The first-order chi connectivity index (χ1) is 11.0. The summed E-state index contributed by atoms with van der Waals surface area (Å²) in [5.41, 5.74) is 1.99. The maximum Gasteiger partial charge on any atom is 0.314 e. The maximum atomic E-state index is 12.6. The summed E-state index contributed by atoms with van der Waals surface area (Å²) < 4.78 is 31.9. The van der Waals surface area contributed by atoms with Crippen LogP contribution in [-0.2, 0) is 25.9 Å². The molecule has 0 fully saturated rings. The Morgan fingerprint density at radius 2 is 2.35 bits per heavy atom. The lowest BCUT2D eigenvalue weighted by Crippen LogP contribution is -2.11. The number of hydrogen-bond acceptors (Lipinski definition) is 4. The minimum Gasteiger partial charge on any atom is -0.469 e. The van der Waals surface area contributed by atoms with Crippen LogP contribution in [-0.4, -0.2) is 36.8 Å². The molecule has 0 aliphatic carbocycles. The third-order valence-electron chi connectivity index (χ3n) is 4.10. The molecule has 0 saturated carbocycles. The summed E-state index contributed by atoms with van der Waals surface area (Å²) in [5.74, 6) is -0.916. The van der Waals surface area contributed by atoms with E-state index in [0.29, 0.717) is 30.0 Å². The van der Waals surface area contributed by atoms with Crippen LogP contribution in [0.1, 0.15) is 18.0 Å². The Hall–Kier alpha value is -2.28. The molecule has 1 aliphatic rings. The molecule has 6 nitrogen and oxygen atoms in total. The van der Waals surface area contributed by atoms with Gasteiger partial charge in [-0.2, -0.15) is 0 Å². The number of nitrogens with zero attached hydrogens (tertiary/aromatic N) is 1. The number of ether oxygens (including phenoxy) is 1. The van der Waals surface area contributed by atoms with E-state index in [1.807, 2.05) is 16.7 Å². The molecule has 0 aromatic carbocycles. The minimum absolute atomic E-state index is 0.146. The average Bonchev–Trinajstić information content (AvgIpc) is 3.21. The van der Waals surface area contributed by atoms with Crippen molar-refractivity contribution in [2.75, 3.05) is 12.9 Å². The third kappa shape index (κ3) is 2.50. The molecule has 0 saturated heterocycles. The number of aromatic amines is 1. The second kappa shape index (κ2) is 5.73. The molecule has 122 valence electrons. The van der Waals surface area contributed by atoms with E-state index in [4.69, 9.17) is 4.74 Å². The molecule has 3 rings (SSSR count). The number of aromatic nitrogens is 2. The Labute approximate surface area is 134 Å². The highest BCUT2D eigenvalue weighted by molar-refractivity contribution is 7.91. The van der Waals surface area contributed by atoms with Gasteiger partial charge in [0.05, 0.1) is 35.1 Å². The van der Waals surface area contributed by atoms with E-state index >= 15 is 0 Å². The Kier molecular flexibility index (Phi) is 3.89. The fourth-order valence-corrected chi connectivity index (χ4v) is 4.40. The number of H-pyrrole nitrogens is 1. The highest BCUT2D eigenvalue weighted by atomic mass is 32.2. The molecular weight excluding hydrogens is 316 g/mol. The van der Waals surface area contributed by atoms with Crippen molar-refractivity contribution in [3.8, 4) is 11.4 Å². The van der Waals surface area contributed by atoms with Crippen LogP contribution in [0.2, 0.25) is 0 Å². The number of nitrogens with one attached hydrogen (secondary N) is 1. The van der Waals surface area contributed by atoms with E-state index in [0.717, 1.165) is 0 Å². The number of rotatable bonds is 5. The molecule has 0 bridgehead atoms. The molecule has 1 atom stereocenters. The normalized spacial score (nSPS) is 17.0. The highest BCUT2D eigenvalue weighted by Gasteiger charge is 2.36. The Morgan fingerprint density at radius 3 is 2.96 bits per heavy atom. The summed E-state index contributed by atoms with van der Waals surface area (Å²) in [6.07, 6.45) is 3.72. The summed E-state index contributed by atoms with van der Waals surface area (Å²) in [5, 5.41) is 0. The van der Waals surface area contributed by atoms with Crippen LogP contribution in [0.15, 0.2) is 41.9 Å². The van der Waals surface area contributed by atoms with E-state index in [2.05, 4.69) is 11.6 Å². The van der Waals surface area contributed by atoms with Crippen LogP contribution in [0.4, 0.5) is 0 Å². The van der Waals surface area contributed by atoms with Gasteiger partial charge < -0.3 is 14.3 Å². The van der Waals surface area contributed by atoms with Crippen molar-refractivity contribution in [3.05, 3.63) is 42.7 Å². The van der Waals surface area contributed by atoms with Gasteiger partial charge >= 0.3 is 5.97 Å². The number of carbonyl (C=O) groups excluding carboxylic acids is 1. The van der Waals surface area contributed by atoms with Crippen molar-refractivity contribution in [1.82, 2.24) is 9.55 Å². The van der Waals surface area contributed by atoms with Gasteiger partial charge in [-0.3, -0.25) is 4.79 Å². The summed E-state index contributed by atoms with van der Waals surface area (Å²) in [7, 11) is -2.17. The standard InChI is InChI=1S/C16H18N2O4S/c1-3-9-23(20,21)14-10-13-11(16(19)22-2)6-8-18(13)15(14)12-5-4-7-17-12/h3-5,7,10-11,17H,1,6,8-9H2,2H3. The number of hydrogen-bond donors (Lipinski definition) is 1. The van der Waals surface area contributed by atoms with E-state index in [9.17, 15) is 13.2 Å². The fourth-order valence-electron chi connectivity index (χ4n) is 3.10. The Balaban J connectivity index is 2.22. The zero-order chi connectivity index (χ0) is 16.6. The topological polar surface area (TPSA) is 81.2 Å².